The molecule has 0 unspecified atom stereocenters. The summed E-state index contributed by atoms with van der Waals surface area (Å²) in [4.78, 5) is 27.7. The monoisotopic (exact) mass is 384 g/mol. The van der Waals surface area contributed by atoms with Crippen molar-refractivity contribution in [3.8, 4) is 0 Å². The Morgan fingerprint density at radius 3 is 2.96 bits per heavy atom. The molecule has 4 rings (SSSR count). The molecule has 1 aliphatic carbocycles. The number of anilines is 2. The van der Waals surface area contributed by atoms with E-state index in [2.05, 4.69) is 31.1 Å². The highest BCUT2D eigenvalue weighted by Crippen LogP contribution is 2.36. The van der Waals surface area contributed by atoms with Gasteiger partial charge in [0.1, 0.15) is 11.9 Å². The molecule has 0 radical (unpaired) electrons. The van der Waals surface area contributed by atoms with Crippen molar-refractivity contribution < 1.29 is 14.3 Å². The quantitative estimate of drug-likeness (QED) is 0.629. The zero-order valence-corrected chi connectivity index (χ0v) is 15.9. The molecule has 9 heteroatoms. The number of aromatic amines is 1. The van der Waals surface area contributed by atoms with Gasteiger partial charge in [-0.05, 0) is 44.7 Å². The smallest absolute Gasteiger partial charge is 0.407 e. The van der Waals surface area contributed by atoms with Gasteiger partial charge in [0.2, 0.25) is 0 Å². The number of aromatic nitrogens is 3. The van der Waals surface area contributed by atoms with E-state index in [0.717, 1.165) is 30.5 Å². The van der Waals surface area contributed by atoms with Crippen LogP contribution in [0.25, 0.3) is 0 Å². The minimum absolute atomic E-state index is 0.0627. The van der Waals surface area contributed by atoms with Crippen LogP contribution in [0.5, 0.6) is 0 Å². The fraction of sp³-hybridized carbons (Fsp3) is 0.474. The summed E-state index contributed by atoms with van der Waals surface area (Å²) in [5, 5.41) is 16.1. The van der Waals surface area contributed by atoms with Crippen molar-refractivity contribution in [2.75, 3.05) is 5.32 Å². The van der Waals surface area contributed by atoms with Crippen molar-refractivity contribution in [3.05, 3.63) is 35.2 Å². The number of fused-ring (bicyclic) bond motifs is 1. The van der Waals surface area contributed by atoms with E-state index in [4.69, 9.17) is 4.74 Å². The molecule has 2 aliphatic rings. The molecule has 1 aliphatic heterocycles. The minimum atomic E-state index is -0.358. The molecule has 2 aromatic rings. The first-order chi connectivity index (χ1) is 13.5. The predicted octanol–water partition coefficient (Wildman–Crippen LogP) is 2.56. The van der Waals surface area contributed by atoms with Gasteiger partial charge in [0, 0.05) is 36.5 Å². The maximum Gasteiger partial charge on any atom is 0.407 e. The van der Waals surface area contributed by atoms with Gasteiger partial charge in [-0.2, -0.15) is 5.10 Å². The average molecular weight is 384 g/mol. The number of hydrogen-bond acceptors (Lipinski definition) is 6. The SMILES string of the molecule is CC(C)NC(=O)O[C@@H]1CC[C@H](c2cc(Nc3cc4c(cn3)C(=O)NC4)n[nH]2)C1. The Bertz CT molecular complexity index is 894. The molecule has 2 atom stereocenters. The average Bonchev–Trinajstić information content (AvgIpc) is 3.35. The van der Waals surface area contributed by atoms with Crippen molar-refractivity contribution >= 4 is 23.6 Å². The van der Waals surface area contributed by atoms with Crippen LogP contribution in [-0.2, 0) is 11.3 Å². The zero-order chi connectivity index (χ0) is 19.7. The number of carbonyl (C=O) groups excluding carboxylic acids is 2. The lowest BCUT2D eigenvalue weighted by molar-refractivity contribution is 0.0961. The van der Waals surface area contributed by atoms with E-state index in [1.807, 2.05) is 26.0 Å². The zero-order valence-electron chi connectivity index (χ0n) is 15.9. The Balaban J connectivity index is 1.35. The maximum absolute atomic E-state index is 11.8. The van der Waals surface area contributed by atoms with Gasteiger partial charge < -0.3 is 20.7 Å². The third-order valence-electron chi connectivity index (χ3n) is 5.03. The van der Waals surface area contributed by atoms with Crippen molar-refractivity contribution in [1.82, 2.24) is 25.8 Å². The van der Waals surface area contributed by atoms with Crippen LogP contribution in [0.3, 0.4) is 0 Å². The highest BCUT2D eigenvalue weighted by molar-refractivity contribution is 5.98. The molecule has 2 amide bonds. The first kappa shape index (κ1) is 18.3. The highest BCUT2D eigenvalue weighted by atomic mass is 16.6. The summed E-state index contributed by atoms with van der Waals surface area (Å²) >= 11 is 0. The van der Waals surface area contributed by atoms with E-state index in [0.29, 0.717) is 23.7 Å². The van der Waals surface area contributed by atoms with E-state index < -0.39 is 0 Å². The van der Waals surface area contributed by atoms with E-state index in [1.54, 1.807) is 6.20 Å². The molecule has 28 heavy (non-hydrogen) atoms. The molecule has 0 bridgehead atoms. The number of carbonyl (C=O) groups is 2. The molecule has 0 aromatic carbocycles. The van der Waals surface area contributed by atoms with Gasteiger partial charge >= 0.3 is 6.09 Å². The lowest BCUT2D eigenvalue weighted by Gasteiger charge is -2.14. The number of hydrogen-bond donors (Lipinski definition) is 4. The van der Waals surface area contributed by atoms with Crippen LogP contribution in [0.1, 0.15) is 60.6 Å². The Morgan fingerprint density at radius 1 is 1.29 bits per heavy atom. The fourth-order valence-corrected chi connectivity index (χ4v) is 3.68. The molecule has 9 nitrogen and oxygen atoms in total. The molecule has 1 fully saturated rings. The maximum atomic E-state index is 11.8. The highest BCUT2D eigenvalue weighted by Gasteiger charge is 2.30. The summed E-state index contributed by atoms with van der Waals surface area (Å²) in [5.74, 6) is 1.50. The van der Waals surface area contributed by atoms with Gasteiger partial charge in [0.25, 0.3) is 5.91 Å². The summed E-state index contributed by atoms with van der Waals surface area (Å²) in [6, 6.07) is 3.88. The largest absolute Gasteiger partial charge is 0.446 e. The van der Waals surface area contributed by atoms with Gasteiger partial charge in [-0.3, -0.25) is 9.89 Å². The van der Waals surface area contributed by atoms with Crippen LogP contribution in [0.15, 0.2) is 18.3 Å². The van der Waals surface area contributed by atoms with Crippen LogP contribution in [-0.4, -0.2) is 39.3 Å². The van der Waals surface area contributed by atoms with Gasteiger partial charge in [-0.15, -0.1) is 0 Å². The minimum Gasteiger partial charge on any atom is -0.446 e. The van der Waals surface area contributed by atoms with Crippen LogP contribution >= 0.6 is 0 Å². The molecule has 0 spiro atoms. The molecular weight excluding hydrogens is 360 g/mol. The molecule has 0 saturated heterocycles. The van der Waals surface area contributed by atoms with Crippen molar-refractivity contribution in [2.24, 2.45) is 0 Å². The third-order valence-corrected chi connectivity index (χ3v) is 5.03. The lowest BCUT2D eigenvalue weighted by Crippen LogP contribution is -2.33. The molecule has 4 N–H and O–H groups in total. The molecule has 2 aromatic heterocycles. The van der Waals surface area contributed by atoms with E-state index in [-0.39, 0.29) is 30.1 Å². The van der Waals surface area contributed by atoms with Crippen LogP contribution in [0.2, 0.25) is 0 Å². The number of amides is 2. The predicted molar refractivity (Wildman–Crippen MR) is 102 cm³/mol. The van der Waals surface area contributed by atoms with Crippen molar-refractivity contribution in [2.45, 2.75) is 57.7 Å². The number of pyridine rings is 1. The second kappa shape index (κ2) is 7.49. The summed E-state index contributed by atoms with van der Waals surface area (Å²) in [6.07, 6.45) is 3.69. The summed E-state index contributed by atoms with van der Waals surface area (Å²) in [6.45, 7) is 4.33. The van der Waals surface area contributed by atoms with E-state index in [9.17, 15) is 9.59 Å². The Kier molecular flexibility index (Phi) is 4.89. The van der Waals surface area contributed by atoms with Crippen LogP contribution in [0, 0.1) is 0 Å². The second-order valence-corrected chi connectivity index (χ2v) is 7.58. The normalized spacial score (nSPS) is 20.8. The number of nitrogens with one attached hydrogen (secondary N) is 4. The Morgan fingerprint density at radius 2 is 2.14 bits per heavy atom. The summed E-state index contributed by atoms with van der Waals surface area (Å²) in [7, 11) is 0. The van der Waals surface area contributed by atoms with Gasteiger partial charge in [0.15, 0.2) is 5.82 Å². The third kappa shape index (κ3) is 3.92. The molecule has 3 heterocycles. The van der Waals surface area contributed by atoms with E-state index >= 15 is 0 Å². The van der Waals surface area contributed by atoms with Gasteiger partial charge in [-0.25, -0.2) is 9.78 Å². The summed E-state index contributed by atoms with van der Waals surface area (Å²) < 4.78 is 5.48. The first-order valence-electron chi connectivity index (χ1n) is 9.54. The number of alkyl carbamates (subject to hydrolysis) is 1. The van der Waals surface area contributed by atoms with Crippen LogP contribution < -0.4 is 16.0 Å². The molecule has 148 valence electrons. The van der Waals surface area contributed by atoms with Gasteiger partial charge in [-0.1, -0.05) is 0 Å². The number of nitrogens with zero attached hydrogens (tertiary/aromatic N) is 2. The fourth-order valence-electron chi connectivity index (χ4n) is 3.68. The lowest BCUT2D eigenvalue weighted by atomic mass is 10.0. The number of ether oxygens (including phenoxy) is 1. The van der Waals surface area contributed by atoms with Crippen molar-refractivity contribution in [1.29, 1.82) is 0 Å². The second-order valence-electron chi connectivity index (χ2n) is 7.58. The Hall–Kier alpha value is -3.10. The van der Waals surface area contributed by atoms with E-state index in [1.165, 1.54) is 0 Å². The van der Waals surface area contributed by atoms with Crippen molar-refractivity contribution in [3.63, 3.8) is 0 Å². The van der Waals surface area contributed by atoms with Gasteiger partial charge in [0.05, 0.1) is 5.56 Å². The molecular formula is C19H24N6O3. The molecule has 1 saturated carbocycles. The Labute approximate surface area is 162 Å². The van der Waals surface area contributed by atoms with Crippen LogP contribution in [0.4, 0.5) is 16.4 Å². The standard InChI is InChI=1S/C19H24N6O3/c1-10(2)22-19(27)28-13-4-3-11(5-13)15-7-17(25-24-15)23-16-6-12-8-21-18(26)14(12)9-20-16/h6-7,9-11,13H,3-5,8H2,1-2H3,(H,21,26)(H,22,27)(H2,20,23,24,25)/t11-,13+/m0/s1. The number of H-pyrrole nitrogens is 1. The first-order valence-corrected chi connectivity index (χ1v) is 9.54. The number of rotatable bonds is 5. The topological polar surface area (TPSA) is 121 Å². The summed E-state index contributed by atoms with van der Waals surface area (Å²) in [5.41, 5.74) is 2.55.